The van der Waals surface area contributed by atoms with Gasteiger partial charge in [0.1, 0.15) is 11.6 Å². The third kappa shape index (κ3) is 5.95. The van der Waals surface area contributed by atoms with Crippen LogP contribution in [0.2, 0.25) is 0 Å². The Labute approximate surface area is 77.1 Å². The van der Waals surface area contributed by atoms with E-state index in [-0.39, 0.29) is 0 Å². The van der Waals surface area contributed by atoms with Crippen molar-refractivity contribution in [3.63, 3.8) is 0 Å². The highest BCUT2D eigenvalue weighted by Crippen LogP contribution is 2.06. The second-order valence-electron chi connectivity index (χ2n) is 3.46. The average Bonchev–Trinajstić information content (AvgIpc) is 1.81. The number of hydrogen-bond donors (Lipinski definition) is 2. The molecule has 0 saturated heterocycles. The van der Waals surface area contributed by atoms with Crippen molar-refractivity contribution >= 4 is 12.1 Å². The highest BCUT2D eigenvalue weighted by atomic mass is 16.6. The first-order chi connectivity index (χ1) is 5.72. The van der Waals surface area contributed by atoms with Gasteiger partial charge in [-0.25, -0.2) is 9.59 Å². The minimum Gasteiger partial charge on any atom is -0.480 e. The average molecular weight is 187 g/mol. The molecule has 0 fully saturated rings. The van der Waals surface area contributed by atoms with Gasteiger partial charge in [-0.1, -0.05) is 0 Å². The third-order valence-electron chi connectivity index (χ3n) is 0.938. The van der Waals surface area contributed by atoms with Gasteiger partial charge < -0.3 is 15.2 Å². The maximum atomic E-state index is 10.9. The highest BCUT2D eigenvalue weighted by Gasteiger charge is 2.20. The standard InChI is InChI=1S/C8H13NO4/c1-5(6(10)11)9-7(12)13-8(2,3)4/h1,5H,2-4H3,(H,9,12)(H,10,11). The first kappa shape index (κ1) is 11.7. The molecule has 0 aliphatic heterocycles. The number of rotatable bonds is 2. The highest BCUT2D eigenvalue weighted by molar-refractivity contribution is 5.80. The number of carboxylic acid groups (broad SMARTS) is 1. The smallest absolute Gasteiger partial charge is 0.408 e. The van der Waals surface area contributed by atoms with Crippen LogP contribution in [0.15, 0.2) is 0 Å². The van der Waals surface area contributed by atoms with Crippen LogP contribution >= 0.6 is 0 Å². The predicted molar refractivity (Wildman–Crippen MR) is 45.1 cm³/mol. The molecule has 0 aliphatic rings. The van der Waals surface area contributed by atoms with Crippen LogP contribution < -0.4 is 5.32 Å². The van der Waals surface area contributed by atoms with E-state index in [9.17, 15) is 9.59 Å². The lowest BCUT2D eigenvalue weighted by Crippen LogP contribution is -2.41. The topological polar surface area (TPSA) is 75.6 Å². The minimum absolute atomic E-state index is 0.664. The van der Waals surface area contributed by atoms with Gasteiger partial charge in [-0.05, 0) is 20.8 Å². The monoisotopic (exact) mass is 187 g/mol. The fourth-order valence-electron chi connectivity index (χ4n) is 0.496. The molecule has 74 valence electrons. The molecule has 0 bridgehead atoms. The second kappa shape index (κ2) is 4.11. The number of amides is 1. The molecule has 1 atom stereocenters. The molecule has 0 aromatic carbocycles. The Morgan fingerprint density at radius 2 is 1.92 bits per heavy atom. The van der Waals surface area contributed by atoms with Crippen molar-refractivity contribution in [2.75, 3.05) is 0 Å². The number of carbonyl (C=O) groups is 2. The number of aliphatic carboxylic acids is 1. The van der Waals surface area contributed by atoms with E-state index in [1.807, 2.05) is 5.32 Å². The van der Waals surface area contributed by atoms with Gasteiger partial charge in [0.25, 0.3) is 0 Å². The SMILES string of the molecule is [CH]C(NC(=O)OC(C)(C)C)C(=O)O. The predicted octanol–water partition coefficient (Wildman–Crippen LogP) is 0.675. The van der Waals surface area contributed by atoms with Crippen molar-refractivity contribution in [1.29, 1.82) is 0 Å². The Morgan fingerprint density at radius 1 is 1.46 bits per heavy atom. The molecule has 13 heavy (non-hydrogen) atoms. The normalized spacial score (nSPS) is 13.2. The molecule has 5 nitrogen and oxygen atoms in total. The summed E-state index contributed by atoms with van der Waals surface area (Å²) in [7, 11) is 0. The number of hydrogen-bond acceptors (Lipinski definition) is 3. The summed E-state index contributed by atoms with van der Waals surface area (Å²) in [6.07, 6.45) is -0.845. The Hall–Kier alpha value is -1.26. The quantitative estimate of drug-likeness (QED) is 0.666. The van der Waals surface area contributed by atoms with Crippen LogP contribution in [-0.4, -0.2) is 28.8 Å². The molecule has 0 saturated carbocycles. The van der Waals surface area contributed by atoms with E-state index >= 15 is 0 Å². The van der Waals surface area contributed by atoms with Crippen molar-refractivity contribution in [1.82, 2.24) is 5.32 Å². The number of carbonyl (C=O) groups excluding carboxylic acids is 1. The maximum Gasteiger partial charge on any atom is 0.408 e. The summed E-state index contributed by atoms with van der Waals surface area (Å²) in [6, 6.07) is -1.44. The molecule has 0 rings (SSSR count). The lowest BCUT2D eigenvalue weighted by Gasteiger charge is -2.20. The van der Waals surface area contributed by atoms with Gasteiger partial charge in [0.15, 0.2) is 0 Å². The van der Waals surface area contributed by atoms with E-state index in [4.69, 9.17) is 16.8 Å². The van der Waals surface area contributed by atoms with E-state index in [0.29, 0.717) is 0 Å². The number of ether oxygens (including phenoxy) is 1. The molecule has 1 unspecified atom stereocenters. The van der Waals surface area contributed by atoms with Crippen LogP contribution in [0.5, 0.6) is 0 Å². The molecule has 2 N–H and O–H groups in total. The Balaban J connectivity index is 3.96. The van der Waals surface area contributed by atoms with Crippen molar-refractivity contribution in [2.24, 2.45) is 0 Å². The third-order valence-corrected chi connectivity index (χ3v) is 0.938. The zero-order valence-corrected chi connectivity index (χ0v) is 7.83. The van der Waals surface area contributed by atoms with Crippen LogP contribution in [0.4, 0.5) is 4.79 Å². The van der Waals surface area contributed by atoms with Crippen LogP contribution in [0.25, 0.3) is 0 Å². The summed E-state index contributed by atoms with van der Waals surface area (Å²) in [5.74, 6) is -1.31. The zero-order valence-electron chi connectivity index (χ0n) is 7.83. The summed E-state index contributed by atoms with van der Waals surface area (Å²) in [5, 5.41) is 10.3. The van der Waals surface area contributed by atoms with Gasteiger partial charge in [0.2, 0.25) is 0 Å². The van der Waals surface area contributed by atoms with E-state index in [2.05, 4.69) is 0 Å². The first-order valence-electron chi connectivity index (χ1n) is 3.70. The van der Waals surface area contributed by atoms with Crippen molar-refractivity contribution in [3.05, 3.63) is 6.92 Å². The Bertz CT molecular complexity index is 207. The fraction of sp³-hybridized carbons (Fsp3) is 0.625. The fourth-order valence-corrected chi connectivity index (χ4v) is 0.496. The van der Waals surface area contributed by atoms with Gasteiger partial charge in [0, 0.05) is 6.92 Å². The molecule has 0 aromatic heterocycles. The van der Waals surface area contributed by atoms with Crippen LogP contribution in [0, 0.1) is 6.92 Å². The number of alkyl carbamates (subject to hydrolysis) is 1. The van der Waals surface area contributed by atoms with Crippen molar-refractivity contribution in [3.8, 4) is 0 Å². The van der Waals surface area contributed by atoms with Crippen LogP contribution in [0.3, 0.4) is 0 Å². The van der Waals surface area contributed by atoms with Gasteiger partial charge in [0.05, 0.1) is 0 Å². The molecular weight excluding hydrogens is 174 g/mol. The maximum absolute atomic E-state index is 10.9. The van der Waals surface area contributed by atoms with Gasteiger partial charge in [-0.15, -0.1) is 0 Å². The molecular formula is C8H13NO4. The van der Waals surface area contributed by atoms with Crippen LogP contribution in [-0.2, 0) is 9.53 Å². The minimum atomic E-state index is -1.44. The number of carboxylic acids is 1. The Kier molecular flexibility index (Phi) is 3.71. The lowest BCUT2D eigenvalue weighted by molar-refractivity contribution is -0.138. The molecule has 2 radical (unpaired) electrons. The van der Waals surface area contributed by atoms with E-state index in [1.54, 1.807) is 20.8 Å². The van der Waals surface area contributed by atoms with E-state index in [1.165, 1.54) is 0 Å². The largest absolute Gasteiger partial charge is 0.480 e. The summed E-state index contributed by atoms with van der Waals surface area (Å²) in [6.45, 7) is 10.0. The summed E-state index contributed by atoms with van der Waals surface area (Å²) in [4.78, 5) is 21.1. The molecule has 5 heteroatoms. The summed E-state index contributed by atoms with van der Waals surface area (Å²) in [5.41, 5.74) is -0.664. The van der Waals surface area contributed by atoms with Gasteiger partial charge in [-0.2, -0.15) is 0 Å². The molecule has 0 aromatic rings. The van der Waals surface area contributed by atoms with Gasteiger partial charge >= 0.3 is 12.1 Å². The molecule has 0 spiro atoms. The van der Waals surface area contributed by atoms with E-state index < -0.39 is 23.7 Å². The second-order valence-corrected chi connectivity index (χ2v) is 3.46. The lowest BCUT2D eigenvalue weighted by atomic mass is 10.2. The Morgan fingerprint density at radius 3 is 2.23 bits per heavy atom. The van der Waals surface area contributed by atoms with Crippen molar-refractivity contribution in [2.45, 2.75) is 32.4 Å². The molecule has 0 aliphatic carbocycles. The van der Waals surface area contributed by atoms with Crippen molar-refractivity contribution < 1.29 is 19.4 Å². The van der Waals surface area contributed by atoms with E-state index in [0.717, 1.165) is 0 Å². The van der Waals surface area contributed by atoms with Crippen LogP contribution in [0.1, 0.15) is 20.8 Å². The summed E-state index contributed by atoms with van der Waals surface area (Å²) >= 11 is 0. The molecule has 1 amide bonds. The molecule has 0 heterocycles. The summed E-state index contributed by atoms with van der Waals surface area (Å²) < 4.78 is 4.77. The van der Waals surface area contributed by atoms with Gasteiger partial charge in [-0.3, -0.25) is 0 Å². The number of nitrogens with one attached hydrogen (secondary N) is 1. The first-order valence-corrected chi connectivity index (χ1v) is 3.70. The zero-order chi connectivity index (χ0) is 10.6.